The van der Waals surface area contributed by atoms with Gasteiger partial charge in [-0.25, -0.2) is 23.2 Å². The summed E-state index contributed by atoms with van der Waals surface area (Å²) in [5.41, 5.74) is 0.275. The zero-order valence-corrected chi connectivity index (χ0v) is 13.7. The third-order valence-corrected chi connectivity index (χ3v) is 4.81. The third kappa shape index (κ3) is 3.83. The number of alkyl halides is 3. The van der Waals surface area contributed by atoms with Gasteiger partial charge in [-0.2, -0.15) is 13.2 Å². The molecule has 2 heterocycles. The van der Waals surface area contributed by atoms with E-state index in [0.717, 1.165) is 4.68 Å². The first-order valence-electron chi connectivity index (χ1n) is 7.41. The summed E-state index contributed by atoms with van der Waals surface area (Å²) >= 11 is 0. The molecular weight excluding hydrogens is 361 g/mol. The molecule has 136 valence electrons. The highest BCUT2D eigenvalue weighted by Crippen LogP contribution is 2.32. The minimum absolute atomic E-state index is 0.139. The van der Waals surface area contributed by atoms with E-state index in [-0.39, 0.29) is 22.3 Å². The first kappa shape index (κ1) is 17.8. The van der Waals surface area contributed by atoms with Crippen LogP contribution in [0.5, 0.6) is 0 Å². The van der Waals surface area contributed by atoms with Crippen LogP contribution in [0.4, 0.5) is 13.2 Å². The topological polar surface area (TPSA) is 100 Å². The van der Waals surface area contributed by atoms with Gasteiger partial charge in [-0.3, -0.25) is 0 Å². The molecule has 2 N–H and O–H groups in total. The van der Waals surface area contributed by atoms with E-state index in [1.807, 2.05) is 0 Å². The standard InChI is InChI=1S/C14H15F3N4O3S/c15-14(16,17)13-19-12(9-5-7-24-8-6-9)21(20-13)10-1-3-11(4-2-10)25(18,22)23/h1-4,9H,5-8H2,(H2,18,22,23). The number of sulfonamides is 1. The molecule has 2 aromatic rings. The molecule has 0 aliphatic carbocycles. The van der Waals surface area contributed by atoms with E-state index < -0.39 is 22.0 Å². The van der Waals surface area contributed by atoms with Crippen LogP contribution in [0.2, 0.25) is 0 Å². The van der Waals surface area contributed by atoms with Gasteiger partial charge in [-0.1, -0.05) is 0 Å². The largest absolute Gasteiger partial charge is 0.453 e. The molecule has 0 unspecified atom stereocenters. The number of aromatic nitrogens is 3. The van der Waals surface area contributed by atoms with Crippen LogP contribution in [-0.2, 0) is 20.9 Å². The Balaban J connectivity index is 2.05. The molecule has 1 saturated heterocycles. The minimum Gasteiger partial charge on any atom is -0.381 e. The van der Waals surface area contributed by atoms with Crippen molar-refractivity contribution < 1.29 is 26.3 Å². The molecular formula is C14H15F3N4O3S. The molecule has 0 atom stereocenters. The summed E-state index contributed by atoms with van der Waals surface area (Å²) in [5.74, 6) is -1.28. The van der Waals surface area contributed by atoms with Gasteiger partial charge in [0, 0.05) is 19.1 Å². The lowest BCUT2D eigenvalue weighted by Crippen LogP contribution is -2.18. The van der Waals surface area contributed by atoms with Crippen LogP contribution >= 0.6 is 0 Å². The molecule has 11 heteroatoms. The predicted molar refractivity (Wildman–Crippen MR) is 80.5 cm³/mol. The number of halogens is 3. The van der Waals surface area contributed by atoms with Gasteiger partial charge >= 0.3 is 6.18 Å². The summed E-state index contributed by atoms with van der Waals surface area (Å²) in [5, 5.41) is 8.61. The quantitative estimate of drug-likeness (QED) is 0.881. The fraction of sp³-hybridized carbons (Fsp3) is 0.429. The molecule has 0 amide bonds. The third-order valence-electron chi connectivity index (χ3n) is 3.88. The fourth-order valence-electron chi connectivity index (χ4n) is 2.63. The predicted octanol–water partition coefficient (Wildman–Crippen LogP) is 1.83. The van der Waals surface area contributed by atoms with Crippen molar-refractivity contribution in [3.63, 3.8) is 0 Å². The Morgan fingerprint density at radius 3 is 2.28 bits per heavy atom. The molecule has 1 aliphatic rings. The van der Waals surface area contributed by atoms with Gasteiger partial charge in [0.25, 0.3) is 5.82 Å². The number of rotatable bonds is 3. The van der Waals surface area contributed by atoms with Crippen LogP contribution in [0.15, 0.2) is 29.2 Å². The number of ether oxygens (including phenoxy) is 1. The van der Waals surface area contributed by atoms with Crippen LogP contribution in [0.25, 0.3) is 5.69 Å². The number of hydrogen-bond acceptors (Lipinski definition) is 5. The van der Waals surface area contributed by atoms with E-state index in [2.05, 4.69) is 10.1 Å². The Kier molecular flexibility index (Phi) is 4.56. The zero-order chi connectivity index (χ0) is 18.2. The molecule has 3 rings (SSSR count). The van der Waals surface area contributed by atoms with Crippen molar-refractivity contribution in [2.24, 2.45) is 5.14 Å². The lowest BCUT2D eigenvalue weighted by Gasteiger charge is -2.21. The van der Waals surface area contributed by atoms with Crippen LogP contribution in [0.1, 0.15) is 30.4 Å². The molecule has 1 fully saturated rings. The van der Waals surface area contributed by atoms with Gasteiger partial charge in [0.15, 0.2) is 0 Å². The van der Waals surface area contributed by atoms with E-state index in [4.69, 9.17) is 9.88 Å². The van der Waals surface area contributed by atoms with Crippen molar-refractivity contribution in [3.05, 3.63) is 35.9 Å². The van der Waals surface area contributed by atoms with Gasteiger partial charge < -0.3 is 4.74 Å². The molecule has 0 bridgehead atoms. The highest BCUT2D eigenvalue weighted by Gasteiger charge is 2.38. The number of benzene rings is 1. The second kappa shape index (κ2) is 6.39. The molecule has 1 aromatic carbocycles. The van der Waals surface area contributed by atoms with Crippen LogP contribution in [0.3, 0.4) is 0 Å². The summed E-state index contributed by atoms with van der Waals surface area (Å²) in [6.45, 7) is 0.868. The molecule has 0 saturated carbocycles. The molecule has 0 radical (unpaired) electrons. The second-order valence-corrected chi connectivity index (χ2v) is 7.19. The van der Waals surface area contributed by atoms with Crippen molar-refractivity contribution in [1.29, 1.82) is 0 Å². The van der Waals surface area contributed by atoms with E-state index in [1.165, 1.54) is 24.3 Å². The Morgan fingerprint density at radius 2 is 1.76 bits per heavy atom. The highest BCUT2D eigenvalue weighted by molar-refractivity contribution is 7.89. The monoisotopic (exact) mass is 376 g/mol. The fourth-order valence-corrected chi connectivity index (χ4v) is 3.15. The Hall–Kier alpha value is -1.98. The smallest absolute Gasteiger partial charge is 0.381 e. The van der Waals surface area contributed by atoms with Gasteiger partial charge in [0.2, 0.25) is 10.0 Å². The Labute approximate surface area is 141 Å². The SMILES string of the molecule is NS(=O)(=O)c1ccc(-n2nc(C(F)(F)F)nc2C2CCOCC2)cc1. The van der Waals surface area contributed by atoms with Crippen LogP contribution in [-0.4, -0.2) is 36.4 Å². The van der Waals surface area contributed by atoms with E-state index in [1.54, 1.807) is 0 Å². The van der Waals surface area contributed by atoms with Crippen molar-refractivity contribution in [2.75, 3.05) is 13.2 Å². The van der Waals surface area contributed by atoms with Gasteiger partial charge in [-0.15, -0.1) is 5.10 Å². The maximum absolute atomic E-state index is 13.0. The number of primary sulfonamides is 1. The van der Waals surface area contributed by atoms with Gasteiger partial charge in [-0.05, 0) is 37.1 Å². The zero-order valence-electron chi connectivity index (χ0n) is 12.9. The lowest BCUT2D eigenvalue weighted by molar-refractivity contribution is -0.144. The molecule has 1 aromatic heterocycles. The van der Waals surface area contributed by atoms with Crippen molar-refractivity contribution in [1.82, 2.24) is 14.8 Å². The average molecular weight is 376 g/mol. The van der Waals surface area contributed by atoms with Crippen molar-refractivity contribution in [2.45, 2.75) is 29.8 Å². The second-order valence-electron chi connectivity index (χ2n) is 5.63. The average Bonchev–Trinajstić information content (AvgIpc) is 3.00. The Bertz CT molecular complexity index is 856. The highest BCUT2D eigenvalue weighted by atomic mass is 32.2. The van der Waals surface area contributed by atoms with E-state index in [9.17, 15) is 21.6 Å². The summed E-state index contributed by atoms with van der Waals surface area (Å²) in [7, 11) is -3.89. The molecule has 25 heavy (non-hydrogen) atoms. The molecule has 1 aliphatic heterocycles. The molecule has 0 spiro atoms. The lowest BCUT2D eigenvalue weighted by atomic mass is 9.99. The normalized spacial score (nSPS) is 17.0. The number of nitrogens with zero attached hydrogens (tertiary/aromatic N) is 3. The minimum atomic E-state index is -4.67. The van der Waals surface area contributed by atoms with Gasteiger partial charge in [0.1, 0.15) is 5.82 Å². The molecule has 7 nitrogen and oxygen atoms in total. The summed E-state index contributed by atoms with van der Waals surface area (Å²) in [6.07, 6.45) is -3.61. The summed E-state index contributed by atoms with van der Waals surface area (Å²) < 4.78 is 68.0. The first-order valence-corrected chi connectivity index (χ1v) is 8.96. The summed E-state index contributed by atoms with van der Waals surface area (Å²) in [4.78, 5) is 3.54. The first-order chi connectivity index (χ1) is 11.7. The van der Waals surface area contributed by atoms with Crippen LogP contribution < -0.4 is 5.14 Å². The van der Waals surface area contributed by atoms with Crippen molar-refractivity contribution >= 4 is 10.0 Å². The number of hydrogen-bond donors (Lipinski definition) is 1. The maximum atomic E-state index is 13.0. The Morgan fingerprint density at radius 1 is 1.16 bits per heavy atom. The maximum Gasteiger partial charge on any atom is 0.453 e. The van der Waals surface area contributed by atoms with Gasteiger partial charge in [0.05, 0.1) is 10.6 Å². The van der Waals surface area contributed by atoms with E-state index in [0.29, 0.717) is 26.1 Å². The van der Waals surface area contributed by atoms with Crippen LogP contribution in [0, 0.1) is 0 Å². The van der Waals surface area contributed by atoms with Crippen molar-refractivity contribution in [3.8, 4) is 5.69 Å². The van der Waals surface area contributed by atoms with E-state index >= 15 is 0 Å². The number of nitrogens with two attached hydrogens (primary N) is 1. The summed E-state index contributed by atoms with van der Waals surface area (Å²) in [6, 6.07) is 5.12.